The highest BCUT2D eigenvalue weighted by Crippen LogP contribution is 2.45. The van der Waals surface area contributed by atoms with Gasteiger partial charge in [-0.25, -0.2) is 9.97 Å². The first-order chi connectivity index (χ1) is 24.8. The van der Waals surface area contributed by atoms with E-state index < -0.39 is 0 Å². The molecule has 11 aromatic rings. The van der Waals surface area contributed by atoms with Crippen LogP contribution in [0.25, 0.3) is 110 Å². The van der Waals surface area contributed by atoms with Crippen LogP contribution < -0.4 is 0 Å². The maximum absolute atomic E-state index is 5.11. The molecule has 0 bridgehead atoms. The Morgan fingerprint density at radius 2 is 0.780 bits per heavy atom. The van der Waals surface area contributed by atoms with Crippen LogP contribution >= 0.6 is 0 Å². The van der Waals surface area contributed by atoms with Crippen LogP contribution in [-0.4, -0.2) is 9.97 Å². The highest BCUT2D eigenvalue weighted by molar-refractivity contribution is 6.28. The van der Waals surface area contributed by atoms with Gasteiger partial charge in [0.2, 0.25) is 0 Å². The van der Waals surface area contributed by atoms with Crippen LogP contribution in [0.15, 0.2) is 170 Å². The average molecular weight is 633 g/mol. The van der Waals surface area contributed by atoms with Crippen molar-refractivity contribution in [3.63, 3.8) is 0 Å². The second-order valence-electron chi connectivity index (χ2n) is 13.3. The second-order valence-corrected chi connectivity index (χ2v) is 13.3. The summed E-state index contributed by atoms with van der Waals surface area (Å²) in [6, 6.07) is 61.6. The molecule has 10 aromatic carbocycles. The Morgan fingerprint density at radius 1 is 0.280 bits per heavy atom. The van der Waals surface area contributed by atoms with Gasteiger partial charge in [-0.15, -0.1) is 0 Å². The van der Waals surface area contributed by atoms with Crippen molar-refractivity contribution in [1.29, 1.82) is 0 Å². The van der Waals surface area contributed by atoms with Crippen molar-refractivity contribution in [1.82, 2.24) is 9.97 Å². The van der Waals surface area contributed by atoms with Gasteiger partial charge in [-0.1, -0.05) is 146 Å². The zero-order chi connectivity index (χ0) is 32.8. The fourth-order valence-electron chi connectivity index (χ4n) is 8.30. The van der Waals surface area contributed by atoms with Crippen LogP contribution in [0.5, 0.6) is 0 Å². The molecule has 50 heavy (non-hydrogen) atoms. The molecule has 1 aromatic heterocycles. The maximum Gasteiger partial charge on any atom is 0.160 e. The van der Waals surface area contributed by atoms with Crippen LogP contribution in [0.1, 0.15) is 0 Å². The van der Waals surface area contributed by atoms with E-state index in [2.05, 4.69) is 152 Å². The third-order valence-electron chi connectivity index (χ3n) is 10.6. The minimum atomic E-state index is 0.751. The summed E-state index contributed by atoms with van der Waals surface area (Å²) in [5.74, 6) is 0.751. The molecule has 0 aliphatic heterocycles. The van der Waals surface area contributed by atoms with E-state index in [1.54, 1.807) is 0 Å². The van der Waals surface area contributed by atoms with E-state index >= 15 is 0 Å². The van der Waals surface area contributed by atoms with Gasteiger partial charge < -0.3 is 0 Å². The highest BCUT2D eigenvalue weighted by atomic mass is 14.9. The van der Waals surface area contributed by atoms with Crippen LogP contribution in [0.3, 0.4) is 0 Å². The van der Waals surface area contributed by atoms with E-state index in [1.807, 2.05) is 18.2 Å². The molecule has 0 fully saturated rings. The summed E-state index contributed by atoms with van der Waals surface area (Å²) >= 11 is 0. The number of rotatable bonds is 4. The lowest BCUT2D eigenvalue weighted by atomic mass is 9.86. The van der Waals surface area contributed by atoms with Crippen molar-refractivity contribution in [2.45, 2.75) is 0 Å². The minimum absolute atomic E-state index is 0.751. The van der Waals surface area contributed by atoms with Crippen molar-refractivity contribution in [2.24, 2.45) is 0 Å². The normalized spacial score (nSPS) is 12.0. The summed E-state index contributed by atoms with van der Waals surface area (Å²) in [6.45, 7) is 0. The molecule has 1 heterocycles. The summed E-state index contributed by atoms with van der Waals surface area (Å²) in [4.78, 5) is 10.2. The SMILES string of the molecule is c1ccc(-c2nc3ccc4c(-c5ccccc5)cc(-c5cccc(-c6ccc7ccc8cccc9ccc6c7c89)c5)c5ccc(n2)c3c45)cc1. The Balaban J connectivity index is 1.17. The van der Waals surface area contributed by atoms with Gasteiger partial charge in [-0.05, 0) is 101 Å². The van der Waals surface area contributed by atoms with Crippen molar-refractivity contribution >= 4 is 64.9 Å². The van der Waals surface area contributed by atoms with Gasteiger partial charge in [-0.2, -0.15) is 0 Å². The second kappa shape index (κ2) is 10.4. The molecule has 0 atom stereocenters. The Hall–Kier alpha value is -6.64. The van der Waals surface area contributed by atoms with Gasteiger partial charge in [0.05, 0.1) is 11.0 Å². The van der Waals surface area contributed by atoms with E-state index in [9.17, 15) is 0 Å². The van der Waals surface area contributed by atoms with E-state index in [4.69, 9.17) is 9.97 Å². The van der Waals surface area contributed by atoms with Crippen LogP contribution in [0.4, 0.5) is 0 Å². The van der Waals surface area contributed by atoms with Gasteiger partial charge in [0.1, 0.15) is 0 Å². The van der Waals surface area contributed by atoms with Crippen molar-refractivity contribution in [2.75, 3.05) is 0 Å². The fourth-order valence-corrected chi connectivity index (χ4v) is 8.30. The maximum atomic E-state index is 5.11. The monoisotopic (exact) mass is 632 g/mol. The number of hydrogen-bond acceptors (Lipinski definition) is 2. The summed E-state index contributed by atoms with van der Waals surface area (Å²) in [7, 11) is 0. The first kappa shape index (κ1) is 27.3. The van der Waals surface area contributed by atoms with E-state index in [-0.39, 0.29) is 0 Å². The van der Waals surface area contributed by atoms with Gasteiger partial charge in [0, 0.05) is 16.3 Å². The van der Waals surface area contributed by atoms with Gasteiger partial charge in [0.15, 0.2) is 5.82 Å². The minimum Gasteiger partial charge on any atom is -0.228 e. The van der Waals surface area contributed by atoms with Gasteiger partial charge in [-0.3, -0.25) is 0 Å². The zero-order valence-electron chi connectivity index (χ0n) is 27.1. The molecule has 0 amide bonds. The smallest absolute Gasteiger partial charge is 0.160 e. The molecular weight excluding hydrogens is 605 g/mol. The van der Waals surface area contributed by atoms with E-state index in [0.717, 1.165) is 27.8 Å². The van der Waals surface area contributed by atoms with Crippen LogP contribution in [0.2, 0.25) is 0 Å². The van der Waals surface area contributed by atoms with E-state index in [0.29, 0.717) is 0 Å². The predicted octanol–water partition coefficient (Wildman–Crippen LogP) is 12.9. The molecule has 0 saturated carbocycles. The number of nitrogens with zero attached hydrogens (tertiary/aromatic N) is 2. The lowest BCUT2D eigenvalue weighted by Gasteiger charge is -2.19. The molecule has 0 spiro atoms. The third-order valence-corrected chi connectivity index (χ3v) is 10.6. The van der Waals surface area contributed by atoms with Crippen molar-refractivity contribution in [3.05, 3.63) is 170 Å². The molecule has 0 aliphatic carbocycles. The molecule has 0 radical (unpaired) electrons. The van der Waals surface area contributed by atoms with Gasteiger partial charge >= 0.3 is 0 Å². The Morgan fingerprint density at radius 3 is 1.48 bits per heavy atom. The average Bonchev–Trinajstić information content (AvgIpc) is 3.19. The molecular formula is C48H28N2. The molecule has 0 saturated heterocycles. The summed E-state index contributed by atoms with van der Waals surface area (Å²) in [6.07, 6.45) is 0. The van der Waals surface area contributed by atoms with E-state index in [1.165, 1.54) is 81.9 Å². The zero-order valence-corrected chi connectivity index (χ0v) is 27.1. The lowest BCUT2D eigenvalue weighted by molar-refractivity contribution is 1.26. The molecule has 0 unspecified atom stereocenters. The largest absolute Gasteiger partial charge is 0.228 e. The number of benzene rings is 10. The quantitative estimate of drug-likeness (QED) is 0.180. The molecule has 0 N–H and O–H groups in total. The number of aromatic nitrogens is 2. The Bertz CT molecular complexity index is 3040. The first-order valence-electron chi connectivity index (χ1n) is 17.2. The van der Waals surface area contributed by atoms with Crippen LogP contribution in [-0.2, 0) is 0 Å². The highest BCUT2D eigenvalue weighted by Gasteiger charge is 2.19. The summed E-state index contributed by atoms with van der Waals surface area (Å²) < 4.78 is 0. The van der Waals surface area contributed by atoms with Crippen LogP contribution in [0, 0.1) is 0 Å². The fraction of sp³-hybridized carbons (Fsp3) is 0. The third kappa shape index (κ3) is 3.96. The first-order valence-corrected chi connectivity index (χ1v) is 17.2. The molecule has 2 heteroatoms. The molecule has 2 nitrogen and oxygen atoms in total. The topological polar surface area (TPSA) is 25.8 Å². The van der Waals surface area contributed by atoms with Gasteiger partial charge in [0.25, 0.3) is 0 Å². The Labute approximate surface area is 288 Å². The summed E-state index contributed by atoms with van der Waals surface area (Å²) in [5.41, 5.74) is 10.2. The predicted molar refractivity (Wildman–Crippen MR) is 211 cm³/mol. The summed E-state index contributed by atoms with van der Waals surface area (Å²) in [5, 5.41) is 12.6. The number of hydrogen-bond donors (Lipinski definition) is 0. The molecule has 230 valence electrons. The van der Waals surface area contributed by atoms with Crippen molar-refractivity contribution in [3.8, 4) is 44.8 Å². The lowest BCUT2D eigenvalue weighted by Crippen LogP contribution is -1.96. The molecule has 11 rings (SSSR count). The van der Waals surface area contributed by atoms with Crippen molar-refractivity contribution < 1.29 is 0 Å². The Kier molecular flexibility index (Phi) is 5.70. The standard InChI is InChI=1S/C48H28N2/c1-3-9-29(10-4-1)40-28-41(39-24-26-43-47-42(25-23-38(40)46(39)47)49-48(50-43)33-11-5-2-6-12-33)35-16-8-15-34(27-35)36-21-19-32-18-17-30-13-7-14-31-20-22-37(36)45(32)44(30)31/h1-28H. The molecule has 0 aliphatic rings.